The maximum atomic E-state index is 13.2. The third-order valence-corrected chi connectivity index (χ3v) is 6.71. The number of likely N-dealkylation sites (tertiary alicyclic amines) is 2. The number of rotatable bonds is 4. The van der Waals surface area contributed by atoms with E-state index in [2.05, 4.69) is 5.32 Å². The number of carbonyl (C=O) groups excluding carboxylic acids is 2. The van der Waals surface area contributed by atoms with Crippen molar-refractivity contribution in [3.8, 4) is 0 Å². The van der Waals surface area contributed by atoms with E-state index in [-0.39, 0.29) is 41.0 Å². The zero-order chi connectivity index (χ0) is 21.3. The lowest BCUT2D eigenvalue weighted by Gasteiger charge is -2.42. The van der Waals surface area contributed by atoms with E-state index in [9.17, 15) is 14.4 Å². The quantitative estimate of drug-likeness (QED) is 0.809. The Balaban J connectivity index is 1.51. The minimum Gasteiger partial charge on any atom is -0.381 e. The van der Waals surface area contributed by atoms with E-state index in [1.165, 1.54) is 0 Å². The fourth-order valence-electron chi connectivity index (χ4n) is 5.08. The first kappa shape index (κ1) is 20.9. The van der Waals surface area contributed by atoms with Gasteiger partial charge in [0.15, 0.2) is 0 Å². The van der Waals surface area contributed by atoms with E-state index in [0.717, 1.165) is 31.4 Å². The number of methoxy groups -OCH3 is 1. The number of aromatic nitrogens is 1. The van der Waals surface area contributed by atoms with Crippen molar-refractivity contribution >= 4 is 11.9 Å². The Labute approximate surface area is 177 Å². The number of pyridine rings is 1. The monoisotopic (exact) mass is 416 g/mol. The third kappa shape index (κ3) is 3.97. The molecule has 1 aromatic rings. The van der Waals surface area contributed by atoms with Gasteiger partial charge < -0.3 is 24.4 Å². The highest BCUT2D eigenvalue weighted by atomic mass is 16.5. The topological polar surface area (TPSA) is 83.9 Å². The molecule has 2 bridgehead atoms. The molecule has 0 aliphatic carbocycles. The minimum absolute atomic E-state index is 0.0198. The summed E-state index contributed by atoms with van der Waals surface area (Å²) in [6, 6.07) is 3.59. The molecule has 3 amide bonds. The molecule has 8 nitrogen and oxygen atoms in total. The molecule has 0 aromatic carbocycles. The number of carbonyl (C=O) groups is 2. The lowest BCUT2D eigenvalue weighted by atomic mass is 9.83. The van der Waals surface area contributed by atoms with E-state index >= 15 is 0 Å². The Morgan fingerprint density at radius 1 is 1.13 bits per heavy atom. The molecule has 0 spiro atoms. The lowest BCUT2D eigenvalue weighted by molar-refractivity contribution is 0.0349. The van der Waals surface area contributed by atoms with E-state index in [4.69, 9.17) is 4.74 Å². The summed E-state index contributed by atoms with van der Waals surface area (Å²) in [6.45, 7) is 5.77. The van der Waals surface area contributed by atoms with Crippen molar-refractivity contribution < 1.29 is 14.3 Å². The van der Waals surface area contributed by atoms with Crippen LogP contribution in [0.2, 0.25) is 0 Å². The van der Waals surface area contributed by atoms with Crippen molar-refractivity contribution in [3.63, 3.8) is 0 Å². The van der Waals surface area contributed by atoms with E-state index in [1.807, 2.05) is 17.9 Å². The molecule has 4 heterocycles. The van der Waals surface area contributed by atoms with Crippen molar-refractivity contribution in [1.29, 1.82) is 0 Å². The molecule has 1 N–H and O–H groups in total. The van der Waals surface area contributed by atoms with Gasteiger partial charge in [0.25, 0.3) is 11.5 Å². The number of nitrogens with zero attached hydrogens (tertiary/aromatic N) is 3. The summed E-state index contributed by atoms with van der Waals surface area (Å²) in [5.41, 5.74) is 1.01. The van der Waals surface area contributed by atoms with Crippen LogP contribution in [-0.4, -0.2) is 72.2 Å². The van der Waals surface area contributed by atoms with Crippen LogP contribution in [-0.2, 0) is 11.3 Å². The number of piperidine rings is 2. The highest BCUT2D eigenvalue weighted by molar-refractivity contribution is 5.94. The first-order valence-corrected chi connectivity index (χ1v) is 11.1. The first-order chi connectivity index (χ1) is 14.5. The van der Waals surface area contributed by atoms with E-state index in [0.29, 0.717) is 39.3 Å². The maximum absolute atomic E-state index is 13.2. The summed E-state index contributed by atoms with van der Waals surface area (Å²) in [7, 11) is 1.70. The average molecular weight is 417 g/mol. The summed E-state index contributed by atoms with van der Waals surface area (Å²) in [5.74, 6) is 0.199. The normalized spacial score (nSPS) is 23.8. The van der Waals surface area contributed by atoms with Gasteiger partial charge in [-0.1, -0.05) is 6.92 Å². The summed E-state index contributed by atoms with van der Waals surface area (Å²) in [6.07, 6.45) is 3.68. The number of amides is 3. The van der Waals surface area contributed by atoms with Crippen LogP contribution >= 0.6 is 0 Å². The third-order valence-electron chi connectivity index (χ3n) is 6.71. The number of hydrogen-bond donors (Lipinski definition) is 1. The molecule has 3 aliphatic rings. The molecule has 8 heteroatoms. The van der Waals surface area contributed by atoms with E-state index in [1.54, 1.807) is 22.6 Å². The smallest absolute Gasteiger partial charge is 0.317 e. The largest absolute Gasteiger partial charge is 0.381 e. The van der Waals surface area contributed by atoms with Crippen molar-refractivity contribution in [2.24, 2.45) is 5.92 Å². The lowest BCUT2D eigenvalue weighted by Crippen LogP contribution is -2.52. The Morgan fingerprint density at radius 2 is 1.90 bits per heavy atom. The van der Waals surface area contributed by atoms with Crippen molar-refractivity contribution in [1.82, 2.24) is 19.7 Å². The molecule has 30 heavy (non-hydrogen) atoms. The van der Waals surface area contributed by atoms with Gasteiger partial charge >= 0.3 is 6.03 Å². The number of ether oxygens (including phenoxy) is 1. The standard InChI is InChI=1S/C22H32N4O4/c1-3-8-23-22(29)25-12-15-11-16(14-25)19-5-4-18(21(28)26(19)13-15)20(27)24-9-6-17(30-2)7-10-24/h4-5,15-17H,3,6-14H2,1-2H3,(H,23,29)/t15-,16+/m0/s1. The minimum atomic E-state index is -0.190. The summed E-state index contributed by atoms with van der Waals surface area (Å²) in [4.78, 5) is 42.3. The molecule has 0 radical (unpaired) electrons. The maximum Gasteiger partial charge on any atom is 0.317 e. The van der Waals surface area contributed by atoms with Gasteiger partial charge in [0, 0.05) is 58.0 Å². The van der Waals surface area contributed by atoms with Gasteiger partial charge in [-0.25, -0.2) is 4.79 Å². The van der Waals surface area contributed by atoms with Crippen LogP contribution in [0.5, 0.6) is 0 Å². The predicted molar refractivity (Wildman–Crippen MR) is 113 cm³/mol. The summed E-state index contributed by atoms with van der Waals surface area (Å²) >= 11 is 0. The second kappa shape index (κ2) is 8.79. The van der Waals surface area contributed by atoms with E-state index < -0.39 is 0 Å². The van der Waals surface area contributed by atoms with Crippen molar-refractivity contribution in [2.75, 3.05) is 39.8 Å². The molecule has 1 aromatic heterocycles. The molecular weight excluding hydrogens is 384 g/mol. The second-order valence-corrected chi connectivity index (χ2v) is 8.75. The molecule has 3 aliphatic heterocycles. The summed E-state index contributed by atoms with van der Waals surface area (Å²) < 4.78 is 7.16. The molecule has 4 rings (SSSR count). The zero-order valence-corrected chi connectivity index (χ0v) is 17.9. The van der Waals surface area contributed by atoms with Gasteiger partial charge in [0.2, 0.25) is 0 Å². The number of urea groups is 1. The molecule has 2 atom stereocenters. The fourth-order valence-corrected chi connectivity index (χ4v) is 5.08. The number of hydrogen-bond acceptors (Lipinski definition) is 4. The number of nitrogens with one attached hydrogen (secondary N) is 1. The Hall–Kier alpha value is -2.35. The van der Waals surface area contributed by atoms with Gasteiger partial charge in [-0.15, -0.1) is 0 Å². The van der Waals surface area contributed by atoms with Crippen LogP contribution in [0.25, 0.3) is 0 Å². The highest BCUT2D eigenvalue weighted by Crippen LogP contribution is 2.35. The molecule has 164 valence electrons. The number of fused-ring (bicyclic) bond motifs is 4. The van der Waals surface area contributed by atoms with Crippen molar-refractivity contribution in [2.45, 2.75) is 51.2 Å². The van der Waals surface area contributed by atoms with Gasteiger partial charge in [0.05, 0.1) is 6.10 Å². The summed E-state index contributed by atoms with van der Waals surface area (Å²) in [5, 5.41) is 2.95. The van der Waals surface area contributed by atoms with Gasteiger partial charge in [0.1, 0.15) is 5.56 Å². The Bertz CT molecular complexity index is 859. The predicted octanol–water partition coefficient (Wildman–Crippen LogP) is 1.64. The van der Waals surface area contributed by atoms with Crippen LogP contribution in [0.15, 0.2) is 16.9 Å². The molecule has 2 saturated heterocycles. The molecule has 2 fully saturated rings. The van der Waals surface area contributed by atoms with Crippen LogP contribution in [0.4, 0.5) is 4.79 Å². The van der Waals surface area contributed by atoms with Crippen LogP contribution in [0.3, 0.4) is 0 Å². The van der Waals surface area contributed by atoms with Gasteiger partial charge in [-0.05, 0) is 43.7 Å². The fraction of sp³-hybridized carbons (Fsp3) is 0.682. The van der Waals surface area contributed by atoms with Crippen molar-refractivity contribution in [3.05, 3.63) is 33.7 Å². The van der Waals surface area contributed by atoms with Crippen LogP contribution < -0.4 is 10.9 Å². The molecule has 0 saturated carbocycles. The second-order valence-electron chi connectivity index (χ2n) is 8.75. The first-order valence-electron chi connectivity index (χ1n) is 11.1. The Kier molecular flexibility index (Phi) is 6.13. The van der Waals surface area contributed by atoms with Crippen LogP contribution in [0.1, 0.15) is 54.6 Å². The molecular formula is C22H32N4O4. The zero-order valence-electron chi connectivity index (χ0n) is 17.9. The van der Waals surface area contributed by atoms with Gasteiger partial charge in [-0.2, -0.15) is 0 Å². The Morgan fingerprint density at radius 3 is 2.60 bits per heavy atom. The van der Waals surface area contributed by atoms with Crippen LogP contribution in [0, 0.1) is 5.92 Å². The highest BCUT2D eigenvalue weighted by Gasteiger charge is 2.37. The average Bonchev–Trinajstić information content (AvgIpc) is 2.77. The SMILES string of the molecule is CCCNC(=O)N1C[C@@H]2C[C@H](C1)c1ccc(C(=O)N3CCC(OC)CC3)c(=O)n1C2. The van der Waals surface area contributed by atoms with Gasteiger partial charge in [-0.3, -0.25) is 9.59 Å². The molecule has 0 unspecified atom stereocenters.